The maximum atomic E-state index is 9.80. The van der Waals surface area contributed by atoms with Crippen LogP contribution in [0.2, 0.25) is 0 Å². The van der Waals surface area contributed by atoms with Gasteiger partial charge in [-0.15, -0.1) is 5.53 Å². The van der Waals surface area contributed by atoms with Crippen molar-refractivity contribution in [1.29, 1.82) is 5.26 Å². The molecule has 3 aromatic rings. The quantitative estimate of drug-likeness (QED) is 0.450. The summed E-state index contributed by atoms with van der Waals surface area (Å²) < 4.78 is 11.5. The standard InChI is InChI=1S/C26H29N7O2/c27-13-18-11-17(1-2-25(18)35-21-5-9-34-10-6-21)23-15-30-26-22(23)12-19(14-29-26)24-16-33(32-31-24)20-3-7-28-8-4-20/h1-2,11-12,14-16,20-21,28,31-32H,3-10H2,(H,29,30). The van der Waals surface area contributed by atoms with Crippen molar-refractivity contribution in [2.45, 2.75) is 37.8 Å². The number of hydrogen-bond donors (Lipinski definition) is 4. The van der Waals surface area contributed by atoms with Gasteiger partial charge in [-0.1, -0.05) is 6.07 Å². The van der Waals surface area contributed by atoms with Crippen LogP contribution < -0.4 is 21.0 Å². The largest absolute Gasteiger partial charge is 0.489 e. The van der Waals surface area contributed by atoms with Crippen LogP contribution in [-0.4, -0.2) is 53.4 Å². The lowest BCUT2D eigenvalue weighted by Gasteiger charge is -2.30. The van der Waals surface area contributed by atoms with Crippen molar-refractivity contribution in [2.75, 3.05) is 26.3 Å². The summed E-state index contributed by atoms with van der Waals surface area (Å²) >= 11 is 0. The molecule has 9 heteroatoms. The number of H-pyrrole nitrogens is 1. The van der Waals surface area contributed by atoms with E-state index in [1.807, 2.05) is 30.6 Å². The van der Waals surface area contributed by atoms with Crippen molar-refractivity contribution < 1.29 is 9.47 Å². The van der Waals surface area contributed by atoms with Gasteiger partial charge >= 0.3 is 0 Å². The molecule has 3 aliphatic rings. The number of aromatic amines is 1. The molecule has 1 aromatic carbocycles. The molecule has 5 heterocycles. The second kappa shape index (κ2) is 9.58. The Bertz CT molecular complexity index is 1280. The van der Waals surface area contributed by atoms with Gasteiger partial charge in [-0.25, -0.2) is 4.98 Å². The number of fused-ring (bicyclic) bond motifs is 1. The van der Waals surface area contributed by atoms with Crippen LogP contribution in [0, 0.1) is 11.3 Å². The zero-order chi connectivity index (χ0) is 23.6. The van der Waals surface area contributed by atoms with Gasteiger partial charge in [-0.05, 0) is 49.7 Å². The fourth-order valence-electron chi connectivity index (χ4n) is 5.01. The molecule has 0 radical (unpaired) electrons. The minimum Gasteiger partial charge on any atom is -0.489 e. The Kier molecular flexibility index (Phi) is 6.00. The van der Waals surface area contributed by atoms with Crippen LogP contribution in [-0.2, 0) is 4.74 Å². The number of rotatable bonds is 5. The van der Waals surface area contributed by atoms with E-state index in [2.05, 4.69) is 49.6 Å². The van der Waals surface area contributed by atoms with E-state index < -0.39 is 0 Å². The van der Waals surface area contributed by atoms with Crippen LogP contribution in [0.15, 0.2) is 42.9 Å². The molecule has 2 aromatic heterocycles. The van der Waals surface area contributed by atoms with Gasteiger partial charge < -0.3 is 25.2 Å². The number of hydrogen-bond acceptors (Lipinski definition) is 8. The Morgan fingerprint density at radius 2 is 1.94 bits per heavy atom. The molecule has 180 valence electrons. The molecule has 4 N–H and O–H groups in total. The highest BCUT2D eigenvalue weighted by Gasteiger charge is 2.24. The van der Waals surface area contributed by atoms with Gasteiger partial charge in [0.2, 0.25) is 0 Å². The topological polar surface area (TPSA) is 110 Å². The summed E-state index contributed by atoms with van der Waals surface area (Å²) in [6, 6.07) is 10.7. The monoisotopic (exact) mass is 471 g/mol. The molecule has 0 aliphatic carbocycles. The van der Waals surface area contributed by atoms with Gasteiger partial charge in [0.25, 0.3) is 0 Å². The third kappa shape index (κ3) is 4.44. The summed E-state index contributed by atoms with van der Waals surface area (Å²) in [5.74, 6) is 0.631. The highest BCUT2D eigenvalue weighted by molar-refractivity contribution is 5.95. The van der Waals surface area contributed by atoms with E-state index in [4.69, 9.17) is 9.47 Å². The zero-order valence-electron chi connectivity index (χ0n) is 19.5. The minimum absolute atomic E-state index is 0.0896. The number of nitriles is 1. The smallest absolute Gasteiger partial charge is 0.137 e. The van der Waals surface area contributed by atoms with Gasteiger partial charge in [-0.3, -0.25) is 5.01 Å². The predicted octanol–water partition coefficient (Wildman–Crippen LogP) is 3.03. The second-order valence-corrected chi connectivity index (χ2v) is 9.24. The van der Waals surface area contributed by atoms with Crippen molar-refractivity contribution in [3.8, 4) is 22.9 Å². The Labute approximate surface area is 204 Å². The first-order chi connectivity index (χ1) is 17.3. The van der Waals surface area contributed by atoms with Crippen molar-refractivity contribution in [3.63, 3.8) is 0 Å². The lowest BCUT2D eigenvalue weighted by atomic mass is 10.0. The van der Waals surface area contributed by atoms with Crippen LogP contribution in [0.1, 0.15) is 36.8 Å². The summed E-state index contributed by atoms with van der Waals surface area (Å²) in [6.45, 7) is 3.48. The Morgan fingerprint density at radius 3 is 2.77 bits per heavy atom. The summed E-state index contributed by atoms with van der Waals surface area (Å²) in [4.78, 5) is 7.92. The van der Waals surface area contributed by atoms with Crippen molar-refractivity contribution >= 4 is 16.7 Å². The number of pyridine rings is 1. The lowest BCUT2D eigenvalue weighted by Crippen LogP contribution is -2.47. The molecule has 0 bridgehead atoms. The molecule has 0 unspecified atom stereocenters. The normalized spacial score (nSPS) is 19.4. The summed E-state index contributed by atoms with van der Waals surface area (Å²) in [5, 5.41) is 16.4. The van der Waals surface area contributed by atoms with Crippen LogP contribution in [0.3, 0.4) is 0 Å². The number of nitrogens with one attached hydrogen (secondary N) is 4. The van der Waals surface area contributed by atoms with Crippen molar-refractivity contribution in [3.05, 3.63) is 54.0 Å². The van der Waals surface area contributed by atoms with Crippen molar-refractivity contribution in [2.24, 2.45) is 0 Å². The number of hydrazine groups is 2. The highest BCUT2D eigenvalue weighted by atomic mass is 16.5. The highest BCUT2D eigenvalue weighted by Crippen LogP contribution is 2.33. The molecular weight excluding hydrogens is 442 g/mol. The van der Waals surface area contributed by atoms with E-state index in [-0.39, 0.29) is 6.10 Å². The van der Waals surface area contributed by atoms with Gasteiger partial charge in [0.15, 0.2) is 0 Å². The molecule has 0 amide bonds. The molecule has 0 atom stereocenters. The predicted molar refractivity (Wildman–Crippen MR) is 133 cm³/mol. The van der Waals surface area contributed by atoms with Crippen LogP contribution in [0.4, 0.5) is 0 Å². The maximum absolute atomic E-state index is 9.80. The van der Waals surface area contributed by atoms with Gasteiger partial charge in [0, 0.05) is 54.0 Å². The molecular formula is C26H29N7O2. The molecule has 9 nitrogen and oxygen atoms in total. The van der Waals surface area contributed by atoms with E-state index in [9.17, 15) is 5.26 Å². The van der Waals surface area contributed by atoms with E-state index >= 15 is 0 Å². The first kappa shape index (κ1) is 21.9. The summed E-state index contributed by atoms with van der Waals surface area (Å²) in [7, 11) is 0. The molecule has 2 fully saturated rings. The van der Waals surface area contributed by atoms with E-state index in [1.165, 1.54) is 0 Å². The fourth-order valence-corrected chi connectivity index (χ4v) is 5.01. The SMILES string of the molecule is N#Cc1cc(-c2c[nH]c3ncc(C4=CN(C5CCNCC5)NN4)cc23)ccc1OC1CCOCC1. The Morgan fingerprint density at radius 1 is 1.09 bits per heavy atom. The molecule has 35 heavy (non-hydrogen) atoms. The number of piperidine rings is 1. The third-order valence-electron chi connectivity index (χ3n) is 7.00. The minimum atomic E-state index is 0.0896. The second-order valence-electron chi connectivity index (χ2n) is 9.24. The third-order valence-corrected chi connectivity index (χ3v) is 7.00. The van der Waals surface area contributed by atoms with Gasteiger partial charge in [0.05, 0.1) is 24.5 Å². The fraction of sp³-hybridized carbons (Fsp3) is 0.385. The number of nitrogens with zero attached hydrogens (tertiary/aromatic N) is 3. The first-order valence-electron chi connectivity index (χ1n) is 12.3. The first-order valence-corrected chi connectivity index (χ1v) is 12.3. The van der Waals surface area contributed by atoms with Crippen LogP contribution in [0.25, 0.3) is 27.9 Å². The zero-order valence-corrected chi connectivity index (χ0v) is 19.5. The summed E-state index contributed by atoms with van der Waals surface area (Å²) in [6.07, 6.45) is 9.94. The van der Waals surface area contributed by atoms with E-state index in [1.54, 1.807) is 0 Å². The maximum Gasteiger partial charge on any atom is 0.137 e. The average Bonchev–Trinajstić information content (AvgIpc) is 3.58. The van der Waals surface area contributed by atoms with Crippen LogP contribution in [0.5, 0.6) is 5.75 Å². The molecule has 2 saturated heterocycles. The molecule has 0 spiro atoms. The Hall–Kier alpha value is -3.58. The number of aromatic nitrogens is 2. The number of benzene rings is 1. The lowest BCUT2D eigenvalue weighted by molar-refractivity contribution is 0.0254. The molecule has 6 rings (SSSR count). The molecule has 3 aliphatic heterocycles. The van der Waals surface area contributed by atoms with Crippen molar-refractivity contribution in [1.82, 2.24) is 31.3 Å². The van der Waals surface area contributed by atoms with E-state index in [0.717, 1.165) is 72.2 Å². The van der Waals surface area contributed by atoms with E-state index in [0.29, 0.717) is 30.6 Å². The average molecular weight is 472 g/mol. The number of ether oxygens (including phenoxy) is 2. The Balaban J connectivity index is 1.27. The van der Waals surface area contributed by atoms with Crippen LogP contribution >= 0.6 is 0 Å². The summed E-state index contributed by atoms with van der Waals surface area (Å²) in [5.41, 5.74) is 11.9. The molecule has 0 saturated carbocycles. The van der Waals surface area contributed by atoms with Gasteiger partial charge in [0.1, 0.15) is 23.6 Å². The van der Waals surface area contributed by atoms with Gasteiger partial charge in [-0.2, -0.15) is 5.26 Å².